The highest BCUT2D eigenvalue weighted by molar-refractivity contribution is 5.49. The van der Waals surface area contributed by atoms with Gasteiger partial charge in [0.05, 0.1) is 18.9 Å². The van der Waals surface area contributed by atoms with E-state index >= 15 is 0 Å². The van der Waals surface area contributed by atoms with Crippen LogP contribution in [0, 0.1) is 5.82 Å². The van der Waals surface area contributed by atoms with E-state index in [4.69, 9.17) is 4.74 Å². The highest BCUT2D eigenvalue weighted by Gasteiger charge is 2.20. The number of ether oxygens (including phenoxy) is 1. The van der Waals surface area contributed by atoms with Gasteiger partial charge in [-0.05, 0) is 37.5 Å². The van der Waals surface area contributed by atoms with Gasteiger partial charge in [-0.2, -0.15) is 0 Å². The van der Waals surface area contributed by atoms with E-state index in [9.17, 15) is 4.39 Å². The van der Waals surface area contributed by atoms with Crippen molar-refractivity contribution >= 4 is 5.69 Å². The second-order valence-corrected chi connectivity index (χ2v) is 6.18. The van der Waals surface area contributed by atoms with E-state index < -0.39 is 0 Å². The first-order valence-electron chi connectivity index (χ1n) is 8.12. The summed E-state index contributed by atoms with van der Waals surface area (Å²) >= 11 is 0. The molecule has 1 aliphatic carbocycles. The molecule has 0 unspecified atom stereocenters. The minimum atomic E-state index is -0.116. The van der Waals surface area contributed by atoms with Crippen LogP contribution in [0.3, 0.4) is 0 Å². The molecule has 4 heteroatoms. The number of nitrogens with zero attached hydrogens (tertiary/aromatic N) is 1. The molecule has 2 aliphatic rings. The average Bonchev–Trinajstić information content (AvgIpc) is 3.01. The molecule has 1 N–H and O–H groups in total. The molecule has 0 amide bonds. The van der Waals surface area contributed by atoms with Crippen molar-refractivity contribution in [2.45, 2.75) is 44.7 Å². The average molecular weight is 292 g/mol. The summed E-state index contributed by atoms with van der Waals surface area (Å²) < 4.78 is 19.7. The summed E-state index contributed by atoms with van der Waals surface area (Å²) in [6, 6.07) is 6.48. The maximum atomic E-state index is 14.4. The van der Waals surface area contributed by atoms with E-state index in [-0.39, 0.29) is 11.9 Å². The molecule has 1 saturated carbocycles. The van der Waals surface area contributed by atoms with Crippen molar-refractivity contribution in [3.8, 4) is 0 Å². The molecule has 0 radical (unpaired) electrons. The van der Waals surface area contributed by atoms with E-state index in [1.54, 1.807) is 6.07 Å². The summed E-state index contributed by atoms with van der Waals surface area (Å²) in [4.78, 5) is 2.07. The Bertz CT molecular complexity index is 468. The van der Waals surface area contributed by atoms with Crippen molar-refractivity contribution < 1.29 is 9.13 Å². The van der Waals surface area contributed by atoms with Crippen LogP contribution >= 0.6 is 0 Å². The van der Waals surface area contributed by atoms with Gasteiger partial charge in [-0.25, -0.2) is 4.39 Å². The zero-order valence-electron chi connectivity index (χ0n) is 12.8. The Morgan fingerprint density at radius 2 is 1.95 bits per heavy atom. The maximum Gasteiger partial charge on any atom is 0.146 e. The molecule has 1 aromatic rings. The first-order chi connectivity index (χ1) is 10.2. The zero-order valence-corrected chi connectivity index (χ0v) is 12.8. The van der Waals surface area contributed by atoms with Crippen molar-refractivity contribution in [3.05, 3.63) is 29.6 Å². The molecule has 3 nitrogen and oxygen atoms in total. The Kier molecular flexibility index (Phi) is 4.76. The largest absolute Gasteiger partial charge is 0.378 e. The van der Waals surface area contributed by atoms with E-state index in [1.807, 2.05) is 6.07 Å². The molecule has 116 valence electrons. The number of halogens is 1. The van der Waals surface area contributed by atoms with Crippen LogP contribution in [0.4, 0.5) is 10.1 Å². The lowest BCUT2D eigenvalue weighted by molar-refractivity contribution is 0.122. The van der Waals surface area contributed by atoms with E-state index in [2.05, 4.69) is 23.2 Å². The monoisotopic (exact) mass is 292 g/mol. The Balaban J connectivity index is 1.67. The van der Waals surface area contributed by atoms with Gasteiger partial charge in [-0.3, -0.25) is 0 Å². The van der Waals surface area contributed by atoms with Gasteiger partial charge >= 0.3 is 0 Å². The third-order valence-corrected chi connectivity index (χ3v) is 4.66. The second kappa shape index (κ2) is 6.75. The SMILES string of the molecule is C[C@H](NC1CCCC1)c1ccc(N2CCOCC2)c(F)c1. The predicted molar refractivity (Wildman–Crippen MR) is 83.2 cm³/mol. The number of hydrogen-bond acceptors (Lipinski definition) is 3. The van der Waals surface area contributed by atoms with Crippen molar-refractivity contribution in [3.63, 3.8) is 0 Å². The molecule has 0 spiro atoms. The number of benzene rings is 1. The summed E-state index contributed by atoms with van der Waals surface area (Å²) in [5.74, 6) is -0.116. The van der Waals surface area contributed by atoms with Gasteiger partial charge in [0.25, 0.3) is 0 Å². The first kappa shape index (κ1) is 14.8. The normalized spacial score (nSPS) is 21.7. The van der Waals surface area contributed by atoms with Crippen LogP contribution in [0.2, 0.25) is 0 Å². The quantitative estimate of drug-likeness (QED) is 0.922. The first-order valence-corrected chi connectivity index (χ1v) is 8.12. The molecule has 1 aromatic carbocycles. The molecular formula is C17H25FN2O. The van der Waals surface area contributed by atoms with Crippen molar-refractivity contribution in [2.24, 2.45) is 0 Å². The molecular weight excluding hydrogens is 267 g/mol. The molecule has 0 aromatic heterocycles. The third kappa shape index (κ3) is 3.55. The minimum absolute atomic E-state index is 0.116. The highest BCUT2D eigenvalue weighted by atomic mass is 19.1. The number of rotatable bonds is 4. The molecule has 3 rings (SSSR count). The fourth-order valence-corrected chi connectivity index (χ4v) is 3.40. The number of morpholine rings is 1. The summed E-state index contributed by atoms with van der Waals surface area (Å²) in [5, 5.41) is 3.62. The van der Waals surface area contributed by atoms with Gasteiger partial charge in [0.2, 0.25) is 0 Å². The predicted octanol–water partition coefficient (Wildman–Crippen LogP) is 3.26. The van der Waals surface area contributed by atoms with Crippen LogP contribution in [0.1, 0.15) is 44.2 Å². The standard InChI is InChI=1S/C17H25FN2O/c1-13(19-15-4-2-3-5-15)14-6-7-17(16(18)12-14)20-8-10-21-11-9-20/h6-7,12-13,15,19H,2-5,8-11H2,1H3/t13-/m0/s1. The molecule has 1 heterocycles. The fraction of sp³-hybridized carbons (Fsp3) is 0.647. The highest BCUT2D eigenvalue weighted by Crippen LogP contribution is 2.26. The van der Waals surface area contributed by atoms with Crippen LogP contribution in [0.5, 0.6) is 0 Å². The van der Waals surface area contributed by atoms with Gasteiger partial charge in [0.15, 0.2) is 0 Å². The summed E-state index contributed by atoms with van der Waals surface area (Å²) in [5.41, 5.74) is 1.74. The molecule has 21 heavy (non-hydrogen) atoms. The summed E-state index contributed by atoms with van der Waals surface area (Å²) in [7, 11) is 0. The summed E-state index contributed by atoms with van der Waals surface area (Å²) in [6.07, 6.45) is 5.13. The minimum Gasteiger partial charge on any atom is -0.378 e. The van der Waals surface area contributed by atoms with Crippen LogP contribution < -0.4 is 10.2 Å². The Morgan fingerprint density at radius 1 is 1.24 bits per heavy atom. The zero-order chi connectivity index (χ0) is 14.7. The number of nitrogens with one attached hydrogen (secondary N) is 1. The number of anilines is 1. The van der Waals surface area contributed by atoms with Crippen molar-refractivity contribution in [1.29, 1.82) is 0 Å². The Labute approximate surface area is 126 Å². The smallest absolute Gasteiger partial charge is 0.146 e. The van der Waals surface area contributed by atoms with Crippen LogP contribution in [-0.2, 0) is 4.74 Å². The topological polar surface area (TPSA) is 24.5 Å². The number of hydrogen-bond donors (Lipinski definition) is 1. The lowest BCUT2D eigenvalue weighted by atomic mass is 10.1. The third-order valence-electron chi connectivity index (χ3n) is 4.66. The Morgan fingerprint density at radius 3 is 2.62 bits per heavy atom. The molecule has 0 bridgehead atoms. The Hall–Kier alpha value is -1.13. The van der Waals surface area contributed by atoms with Crippen LogP contribution in [0.15, 0.2) is 18.2 Å². The van der Waals surface area contributed by atoms with Gasteiger partial charge in [0.1, 0.15) is 5.82 Å². The van der Waals surface area contributed by atoms with Gasteiger partial charge in [-0.15, -0.1) is 0 Å². The summed E-state index contributed by atoms with van der Waals surface area (Å²) in [6.45, 7) is 5.03. The molecule has 1 atom stereocenters. The second-order valence-electron chi connectivity index (χ2n) is 6.18. The van der Waals surface area contributed by atoms with E-state index in [0.717, 1.165) is 18.7 Å². The van der Waals surface area contributed by atoms with E-state index in [1.165, 1.54) is 25.7 Å². The fourth-order valence-electron chi connectivity index (χ4n) is 3.40. The van der Waals surface area contributed by atoms with E-state index in [0.29, 0.717) is 24.9 Å². The van der Waals surface area contributed by atoms with Crippen LogP contribution in [-0.4, -0.2) is 32.3 Å². The molecule has 1 aliphatic heterocycles. The lowest BCUT2D eigenvalue weighted by Gasteiger charge is -2.29. The van der Waals surface area contributed by atoms with Crippen molar-refractivity contribution in [1.82, 2.24) is 5.32 Å². The molecule has 1 saturated heterocycles. The van der Waals surface area contributed by atoms with Gasteiger partial charge < -0.3 is 15.0 Å². The van der Waals surface area contributed by atoms with Gasteiger partial charge in [-0.1, -0.05) is 18.9 Å². The maximum absolute atomic E-state index is 14.4. The molecule has 2 fully saturated rings. The van der Waals surface area contributed by atoms with Crippen LogP contribution in [0.25, 0.3) is 0 Å². The van der Waals surface area contributed by atoms with Gasteiger partial charge in [0, 0.05) is 25.2 Å². The lowest BCUT2D eigenvalue weighted by Crippen LogP contribution is -2.36. The van der Waals surface area contributed by atoms with Crippen molar-refractivity contribution in [2.75, 3.05) is 31.2 Å².